The van der Waals surface area contributed by atoms with E-state index in [1.165, 1.54) is 19.2 Å². The molecule has 1 unspecified atom stereocenters. The molecule has 4 rings (SSSR count). The molecule has 254 valence electrons. The Balaban J connectivity index is 1.63. The van der Waals surface area contributed by atoms with Crippen LogP contribution >= 0.6 is 11.6 Å². The zero-order valence-electron chi connectivity index (χ0n) is 26.9. The number of carbonyl (C=O) groups is 2. The smallest absolute Gasteiger partial charge is 0.407 e. The molecule has 5 atom stereocenters. The van der Waals surface area contributed by atoms with Crippen LogP contribution in [0, 0.1) is 11.7 Å². The molecule has 0 aliphatic carbocycles. The van der Waals surface area contributed by atoms with Crippen LogP contribution in [-0.4, -0.2) is 70.2 Å². The fourth-order valence-corrected chi connectivity index (χ4v) is 8.01. The maximum atomic E-state index is 15.4. The highest BCUT2D eigenvalue weighted by molar-refractivity contribution is 7.89. The normalized spacial score (nSPS) is 24.3. The zero-order valence-corrected chi connectivity index (χ0v) is 28.5. The van der Waals surface area contributed by atoms with Crippen molar-refractivity contribution in [3.63, 3.8) is 0 Å². The van der Waals surface area contributed by atoms with Crippen molar-refractivity contribution in [3.05, 3.63) is 64.4 Å². The van der Waals surface area contributed by atoms with Gasteiger partial charge < -0.3 is 25.4 Å². The molecular formula is C33H46ClFN4O6S. The third-order valence-electron chi connectivity index (χ3n) is 8.83. The van der Waals surface area contributed by atoms with Gasteiger partial charge >= 0.3 is 6.09 Å². The minimum Gasteiger partial charge on any atom is -0.453 e. The number of hydrogen-bond donors (Lipinski definition) is 4. The van der Waals surface area contributed by atoms with Gasteiger partial charge in [0, 0.05) is 47.4 Å². The van der Waals surface area contributed by atoms with Crippen LogP contribution in [0.4, 0.5) is 14.9 Å². The molecule has 2 aromatic rings. The summed E-state index contributed by atoms with van der Waals surface area (Å²) in [5, 5.41) is 9.53. The van der Waals surface area contributed by atoms with Gasteiger partial charge in [-0.1, -0.05) is 29.8 Å². The molecule has 0 radical (unpaired) electrons. The van der Waals surface area contributed by atoms with Crippen molar-refractivity contribution in [1.82, 2.24) is 15.4 Å². The number of amides is 2. The first-order valence-electron chi connectivity index (χ1n) is 15.8. The van der Waals surface area contributed by atoms with Crippen molar-refractivity contribution < 1.29 is 31.9 Å². The van der Waals surface area contributed by atoms with E-state index >= 15 is 4.39 Å². The maximum Gasteiger partial charge on any atom is 0.407 e. The fourth-order valence-electron chi connectivity index (χ4n) is 6.51. The summed E-state index contributed by atoms with van der Waals surface area (Å²) in [7, 11) is -2.26. The first kappa shape index (κ1) is 36.1. The zero-order chi connectivity index (χ0) is 33.5. The molecule has 0 aromatic heterocycles. The van der Waals surface area contributed by atoms with Crippen molar-refractivity contribution in [2.75, 3.05) is 31.3 Å². The quantitative estimate of drug-likeness (QED) is 0.289. The van der Waals surface area contributed by atoms with Gasteiger partial charge in [0.05, 0.1) is 18.5 Å². The van der Waals surface area contributed by atoms with Gasteiger partial charge in [-0.3, -0.25) is 4.79 Å². The Bertz CT molecular complexity index is 1460. The molecule has 2 fully saturated rings. The predicted octanol–water partition coefficient (Wildman–Crippen LogP) is 5.12. The van der Waals surface area contributed by atoms with Crippen molar-refractivity contribution in [2.24, 2.45) is 5.92 Å². The largest absolute Gasteiger partial charge is 0.453 e. The second-order valence-electron chi connectivity index (χ2n) is 12.9. The van der Waals surface area contributed by atoms with E-state index in [4.69, 9.17) is 21.1 Å². The van der Waals surface area contributed by atoms with E-state index in [1.807, 2.05) is 32.9 Å². The number of hydrogen-bond acceptors (Lipinski definition) is 7. The van der Waals surface area contributed by atoms with Crippen molar-refractivity contribution >= 4 is 39.3 Å². The van der Waals surface area contributed by atoms with Crippen LogP contribution < -0.4 is 20.7 Å². The standard InChI is InChI=1S/C33H46ClFN4O6S/c1-21-7-6-18-46(42,43)39-25(20-36-21)14-15-26-27(35)8-5-9-28(26)37-31(40)30(38-32(41)44-4)29(22-10-12-24(34)13-11-22)23-16-17-45-33(2,3)19-23/h5,8-13,21,23,25,29-30,36,39H,6-7,14-20H2,1-4H3,(H,37,40)(H,38,41)/t21?,23-,25-,29-,30-/m0/s1. The molecule has 2 amide bonds. The van der Waals surface area contributed by atoms with Crippen LogP contribution in [0.25, 0.3) is 0 Å². The summed E-state index contributed by atoms with van der Waals surface area (Å²) < 4.78 is 54.2. The summed E-state index contributed by atoms with van der Waals surface area (Å²) in [6, 6.07) is 10.2. The second kappa shape index (κ2) is 15.9. The summed E-state index contributed by atoms with van der Waals surface area (Å²) >= 11 is 6.20. The van der Waals surface area contributed by atoms with Crippen LogP contribution in [0.2, 0.25) is 5.02 Å². The number of halogens is 2. The molecule has 2 aliphatic heterocycles. The molecule has 2 aromatic carbocycles. The van der Waals surface area contributed by atoms with Gasteiger partial charge in [0.2, 0.25) is 15.9 Å². The average Bonchev–Trinajstić information content (AvgIpc) is 3.05. The van der Waals surface area contributed by atoms with E-state index in [0.29, 0.717) is 43.9 Å². The summed E-state index contributed by atoms with van der Waals surface area (Å²) in [6.45, 7) is 6.88. The van der Waals surface area contributed by atoms with Gasteiger partial charge in [-0.05, 0) is 95.0 Å². The highest BCUT2D eigenvalue weighted by atomic mass is 35.5. The lowest BCUT2D eigenvalue weighted by Crippen LogP contribution is -2.51. The van der Waals surface area contributed by atoms with Crippen LogP contribution in [0.15, 0.2) is 42.5 Å². The Morgan fingerprint density at radius 2 is 1.91 bits per heavy atom. The van der Waals surface area contributed by atoms with Crippen molar-refractivity contribution in [1.29, 1.82) is 0 Å². The van der Waals surface area contributed by atoms with Crippen molar-refractivity contribution in [3.8, 4) is 0 Å². The summed E-state index contributed by atoms with van der Waals surface area (Å²) in [5.41, 5.74) is 0.850. The number of sulfonamides is 1. The minimum atomic E-state index is -3.49. The summed E-state index contributed by atoms with van der Waals surface area (Å²) in [5.74, 6) is -1.58. The molecule has 0 saturated carbocycles. The van der Waals surface area contributed by atoms with Gasteiger partial charge in [-0.15, -0.1) is 0 Å². The van der Waals surface area contributed by atoms with Crippen LogP contribution in [0.3, 0.4) is 0 Å². The Labute approximate surface area is 276 Å². The Morgan fingerprint density at radius 3 is 2.61 bits per heavy atom. The van der Waals surface area contributed by atoms with Gasteiger partial charge in [-0.2, -0.15) is 0 Å². The molecule has 0 bridgehead atoms. The van der Waals surface area contributed by atoms with Gasteiger partial charge in [0.25, 0.3) is 0 Å². The molecule has 4 N–H and O–H groups in total. The number of methoxy groups -OCH3 is 1. The van der Waals surface area contributed by atoms with Gasteiger partial charge in [-0.25, -0.2) is 22.3 Å². The SMILES string of the molecule is COC(=O)N[C@H](C(=O)Nc1cccc(F)c1CC[C@H]1CNC(C)CCCS(=O)(=O)N1)[C@@H](c1ccc(Cl)cc1)[C@H]1CCOC(C)(C)C1. The van der Waals surface area contributed by atoms with E-state index in [-0.39, 0.29) is 35.4 Å². The highest BCUT2D eigenvalue weighted by Gasteiger charge is 2.41. The molecule has 46 heavy (non-hydrogen) atoms. The number of alkyl carbamates (subject to hydrolysis) is 1. The number of benzene rings is 2. The number of rotatable bonds is 9. The molecule has 2 heterocycles. The lowest BCUT2D eigenvalue weighted by molar-refractivity contribution is -0.120. The maximum absolute atomic E-state index is 15.4. The average molecular weight is 681 g/mol. The van der Waals surface area contributed by atoms with E-state index < -0.39 is 51.4 Å². The third-order valence-corrected chi connectivity index (χ3v) is 10.6. The Morgan fingerprint density at radius 1 is 1.17 bits per heavy atom. The predicted molar refractivity (Wildman–Crippen MR) is 177 cm³/mol. The van der Waals surface area contributed by atoms with Crippen LogP contribution in [0.1, 0.15) is 69.9 Å². The number of anilines is 1. The Hall–Kier alpha value is -2.77. The molecule has 10 nitrogen and oxygen atoms in total. The number of nitrogens with one attached hydrogen (secondary N) is 4. The van der Waals surface area contributed by atoms with E-state index in [1.54, 1.807) is 18.2 Å². The second-order valence-corrected chi connectivity index (χ2v) is 15.2. The third kappa shape index (κ3) is 10.1. The van der Waals surface area contributed by atoms with E-state index in [0.717, 1.165) is 12.0 Å². The van der Waals surface area contributed by atoms with E-state index in [9.17, 15) is 18.0 Å². The van der Waals surface area contributed by atoms with Crippen LogP contribution in [-0.2, 0) is 30.7 Å². The monoisotopic (exact) mass is 680 g/mol. The van der Waals surface area contributed by atoms with Crippen molar-refractivity contribution in [2.45, 2.75) is 88.9 Å². The highest BCUT2D eigenvalue weighted by Crippen LogP contribution is 2.41. The summed E-state index contributed by atoms with van der Waals surface area (Å²) in [6.07, 6.45) is 2.25. The molecule has 13 heteroatoms. The molecule has 2 aliphatic rings. The van der Waals surface area contributed by atoms with Gasteiger partial charge in [0.1, 0.15) is 11.9 Å². The Kier molecular flexibility index (Phi) is 12.5. The summed E-state index contributed by atoms with van der Waals surface area (Å²) in [4.78, 5) is 26.8. The molecular weight excluding hydrogens is 635 g/mol. The first-order chi connectivity index (χ1) is 21.8. The lowest BCUT2D eigenvalue weighted by Gasteiger charge is -2.41. The lowest BCUT2D eigenvalue weighted by atomic mass is 9.73. The minimum absolute atomic E-state index is 0.0319. The molecule has 0 spiro atoms. The molecule has 2 saturated heterocycles. The van der Waals surface area contributed by atoms with Gasteiger partial charge in [0.15, 0.2) is 0 Å². The first-order valence-corrected chi connectivity index (χ1v) is 17.9. The number of ether oxygens (including phenoxy) is 2. The van der Waals surface area contributed by atoms with Crippen LogP contribution in [0.5, 0.6) is 0 Å². The van der Waals surface area contributed by atoms with E-state index in [2.05, 4.69) is 20.7 Å². The topological polar surface area (TPSA) is 135 Å². The number of carbonyl (C=O) groups excluding carboxylic acids is 2. The fraction of sp³-hybridized carbons (Fsp3) is 0.576.